The maximum Gasteiger partial charge on any atom is 0.416 e. The summed E-state index contributed by atoms with van der Waals surface area (Å²) in [5.41, 5.74) is 0.478. The first-order chi connectivity index (χ1) is 12.3. The van der Waals surface area contributed by atoms with E-state index >= 15 is 0 Å². The lowest BCUT2D eigenvalue weighted by atomic mass is 10.0. The standard InChI is InChI=1S/C20H21F3O3/c1-3-25-18-12-8-15(13-19(18)26-4-2)17(24)11-7-14-5-9-16(10-6-14)20(21,22)23/h5-6,8-10,12-13H,3-4,7,11H2,1-2H3. The number of carbonyl (C=O) groups excluding carboxylic acids is 1. The Kier molecular flexibility index (Phi) is 6.66. The van der Waals surface area contributed by atoms with Gasteiger partial charge in [-0.15, -0.1) is 0 Å². The van der Waals surface area contributed by atoms with Crippen LogP contribution in [0.2, 0.25) is 0 Å². The molecule has 0 saturated carbocycles. The quantitative estimate of drug-likeness (QED) is 0.593. The molecule has 0 unspecified atom stereocenters. The number of ketones is 1. The number of hydrogen-bond donors (Lipinski definition) is 0. The first kappa shape index (κ1) is 19.8. The Bertz CT molecular complexity index is 737. The van der Waals surface area contributed by atoms with Crippen LogP contribution in [0.3, 0.4) is 0 Å². The fourth-order valence-electron chi connectivity index (χ4n) is 2.49. The van der Waals surface area contributed by atoms with Gasteiger partial charge < -0.3 is 9.47 Å². The molecule has 2 aromatic rings. The van der Waals surface area contributed by atoms with Gasteiger partial charge in [0.15, 0.2) is 17.3 Å². The Morgan fingerprint density at radius 1 is 0.923 bits per heavy atom. The summed E-state index contributed by atoms with van der Waals surface area (Å²) < 4.78 is 48.7. The van der Waals surface area contributed by atoms with Crippen LogP contribution in [0.1, 0.15) is 41.8 Å². The number of aryl methyl sites for hydroxylation is 1. The van der Waals surface area contributed by atoms with Gasteiger partial charge in [0, 0.05) is 12.0 Å². The number of Topliss-reactive ketones (excluding diaryl/α,β-unsaturated/α-hetero) is 1. The summed E-state index contributed by atoms with van der Waals surface area (Å²) in [5.74, 6) is 0.984. The van der Waals surface area contributed by atoms with Gasteiger partial charge in [0.05, 0.1) is 18.8 Å². The second-order valence-corrected chi connectivity index (χ2v) is 5.65. The van der Waals surface area contributed by atoms with Crippen molar-refractivity contribution in [3.8, 4) is 11.5 Å². The second kappa shape index (κ2) is 8.74. The third-order valence-corrected chi connectivity index (χ3v) is 3.79. The van der Waals surface area contributed by atoms with E-state index in [9.17, 15) is 18.0 Å². The molecule has 0 aliphatic rings. The minimum atomic E-state index is -4.35. The van der Waals surface area contributed by atoms with Crippen molar-refractivity contribution < 1.29 is 27.4 Å². The van der Waals surface area contributed by atoms with Gasteiger partial charge in [0.25, 0.3) is 0 Å². The molecule has 2 rings (SSSR count). The molecule has 26 heavy (non-hydrogen) atoms. The number of carbonyl (C=O) groups is 1. The molecular weight excluding hydrogens is 345 g/mol. The summed E-state index contributed by atoms with van der Waals surface area (Å²) in [4.78, 5) is 12.4. The van der Waals surface area contributed by atoms with Crippen molar-refractivity contribution >= 4 is 5.78 Å². The van der Waals surface area contributed by atoms with E-state index in [1.807, 2.05) is 13.8 Å². The normalized spacial score (nSPS) is 11.3. The van der Waals surface area contributed by atoms with E-state index in [0.717, 1.165) is 12.1 Å². The summed E-state index contributed by atoms with van der Waals surface area (Å²) in [6.07, 6.45) is -3.79. The van der Waals surface area contributed by atoms with Gasteiger partial charge in [0.1, 0.15) is 0 Å². The number of halogens is 3. The SMILES string of the molecule is CCOc1ccc(C(=O)CCc2ccc(C(F)(F)F)cc2)cc1OCC. The monoisotopic (exact) mass is 366 g/mol. The lowest BCUT2D eigenvalue weighted by Gasteiger charge is -2.12. The fourth-order valence-corrected chi connectivity index (χ4v) is 2.49. The Morgan fingerprint density at radius 2 is 1.54 bits per heavy atom. The zero-order chi connectivity index (χ0) is 19.2. The van der Waals surface area contributed by atoms with E-state index in [1.165, 1.54) is 12.1 Å². The average molecular weight is 366 g/mol. The lowest BCUT2D eigenvalue weighted by molar-refractivity contribution is -0.137. The van der Waals surface area contributed by atoms with Crippen LogP contribution < -0.4 is 9.47 Å². The van der Waals surface area contributed by atoms with Crippen LogP contribution in [0.5, 0.6) is 11.5 Å². The van der Waals surface area contributed by atoms with Crippen molar-refractivity contribution in [2.75, 3.05) is 13.2 Å². The summed E-state index contributed by atoms with van der Waals surface area (Å²) in [6, 6.07) is 9.87. The fraction of sp³-hybridized carbons (Fsp3) is 0.350. The molecule has 0 amide bonds. The molecule has 0 spiro atoms. The Morgan fingerprint density at radius 3 is 2.12 bits per heavy atom. The van der Waals surface area contributed by atoms with Crippen LogP contribution in [0.15, 0.2) is 42.5 Å². The van der Waals surface area contributed by atoms with Crippen LogP contribution >= 0.6 is 0 Å². The largest absolute Gasteiger partial charge is 0.490 e. The van der Waals surface area contributed by atoms with E-state index in [0.29, 0.717) is 42.3 Å². The van der Waals surface area contributed by atoms with E-state index in [2.05, 4.69) is 0 Å². The van der Waals surface area contributed by atoms with Gasteiger partial charge in [-0.25, -0.2) is 0 Å². The van der Waals surface area contributed by atoms with Gasteiger partial charge >= 0.3 is 6.18 Å². The van der Waals surface area contributed by atoms with Crippen molar-refractivity contribution in [3.05, 3.63) is 59.2 Å². The summed E-state index contributed by atoms with van der Waals surface area (Å²) in [7, 11) is 0. The molecule has 0 bridgehead atoms. The molecule has 0 aliphatic carbocycles. The van der Waals surface area contributed by atoms with Crippen molar-refractivity contribution in [2.24, 2.45) is 0 Å². The maximum atomic E-state index is 12.6. The van der Waals surface area contributed by atoms with Crippen LogP contribution in [-0.4, -0.2) is 19.0 Å². The predicted molar refractivity (Wildman–Crippen MR) is 92.9 cm³/mol. The lowest BCUT2D eigenvalue weighted by Crippen LogP contribution is -2.06. The van der Waals surface area contributed by atoms with E-state index in [1.54, 1.807) is 18.2 Å². The molecule has 2 aromatic carbocycles. The van der Waals surface area contributed by atoms with E-state index in [4.69, 9.17) is 9.47 Å². The van der Waals surface area contributed by atoms with Crippen LogP contribution in [0.4, 0.5) is 13.2 Å². The number of alkyl halides is 3. The summed E-state index contributed by atoms with van der Waals surface area (Å²) in [6.45, 7) is 4.64. The average Bonchev–Trinajstić information content (AvgIpc) is 2.61. The first-order valence-corrected chi connectivity index (χ1v) is 8.44. The molecule has 0 aliphatic heterocycles. The molecule has 6 heteroatoms. The summed E-state index contributed by atoms with van der Waals surface area (Å²) >= 11 is 0. The molecule has 0 radical (unpaired) electrons. The Hall–Kier alpha value is -2.50. The van der Waals surface area contributed by atoms with Crippen molar-refractivity contribution in [1.82, 2.24) is 0 Å². The van der Waals surface area contributed by atoms with E-state index < -0.39 is 11.7 Å². The summed E-state index contributed by atoms with van der Waals surface area (Å²) in [5, 5.41) is 0. The Labute approximate surface area is 150 Å². The van der Waals surface area contributed by atoms with Crippen molar-refractivity contribution in [2.45, 2.75) is 32.9 Å². The smallest absolute Gasteiger partial charge is 0.416 e. The molecule has 0 saturated heterocycles. The highest BCUT2D eigenvalue weighted by molar-refractivity contribution is 5.96. The molecule has 0 heterocycles. The third-order valence-electron chi connectivity index (χ3n) is 3.79. The zero-order valence-corrected chi connectivity index (χ0v) is 14.7. The molecule has 3 nitrogen and oxygen atoms in total. The molecule has 0 N–H and O–H groups in total. The van der Waals surface area contributed by atoms with Crippen molar-refractivity contribution in [3.63, 3.8) is 0 Å². The molecular formula is C20H21F3O3. The molecule has 0 aromatic heterocycles. The first-order valence-electron chi connectivity index (χ1n) is 8.44. The molecule has 0 fully saturated rings. The van der Waals surface area contributed by atoms with Crippen LogP contribution in [0, 0.1) is 0 Å². The Balaban J connectivity index is 2.04. The van der Waals surface area contributed by atoms with E-state index in [-0.39, 0.29) is 12.2 Å². The van der Waals surface area contributed by atoms with Crippen LogP contribution in [-0.2, 0) is 12.6 Å². The predicted octanol–water partition coefficient (Wildman–Crippen LogP) is 5.32. The number of rotatable bonds is 8. The van der Waals surface area contributed by atoms with Crippen LogP contribution in [0.25, 0.3) is 0 Å². The molecule has 140 valence electrons. The second-order valence-electron chi connectivity index (χ2n) is 5.65. The maximum absolute atomic E-state index is 12.6. The highest BCUT2D eigenvalue weighted by Crippen LogP contribution is 2.30. The highest BCUT2D eigenvalue weighted by Gasteiger charge is 2.29. The third kappa shape index (κ3) is 5.25. The van der Waals surface area contributed by atoms with Gasteiger partial charge in [-0.05, 0) is 56.2 Å². The van der Waals surface area contributed by atoms with Gasteiger partial charge in [-0.1, -0.05) is 12.1 Å². The minimum Gasteiger partial charge on any atom is -0.490 e. The zero-order valence-electron chi connectivity index (χ0n) is 14.7. The van der Waals surface area contributed by atoms with Gasteiger partial charge in [-0.3, -0.25) is 4.79 Å². The van der Waals surface area contributed by atoms with Gasteiger partial charge in [-0.2, -0.15) is 13.2 Å². The molecule has 0 atom stereocenters. The number of ether oxygens (including phenoxy) is 2. The topological polar surface area (TPSA) is 35.5 Å². The highest BCUT2D eigenvalue weighted by atomic mass is 19.4. The number of hydrogen-bond acceptors (Lipinski definition) is 3. The van der Waals surface area contributed by atoms with Gasteiger partial charge in [0.2, 0.25) is 0 Å². The number of benzene rings is 2. The van der Waals surface area contributed by atoms with Crippen molar-refractivity contribution in [1.29, 1.82) is 0 Å². The minimum absolute atomic E-state index is 0.103.